The van der Waals surface area contributed by atoms with Crippen molar-refractivity contribution in [3.8, 4) is 5.69 Å². The Kier molecular flexibility index (Phi) is 6.67. The van der Waals surface area contributed by atoms with E-state index in [2.05, 4.69) is 10.4 Å². The fourth-order valence-electron chi connectivity index (χ4n) is 2.33. The Hall–Kier alpha value is -2.75. The fourth-order valence-corrected chi connectivity index (χ4v) is 2.33. The number of hydrogen-bond acceptors (Lipinski definition) is 4. The molecule has 27 heavy (non-hydrogen) atoms. The monoisotopic (exact) mass is 386 g/mol. The van der Waals surface area contributed by atoms with E-state index in [1.165, 1.54) is 25.2 Å². The lowest BCUT2D eigenvalue weighted by Crippen LogP contribution is -2.34. The van der Waals surface area contributed by atoms with Crippen molar-refractivity contribution in [2.75, 3.05) is 26.7 Å². The maximum atomic E-state index is 13.0. The van der Waals surface area contributed by atoms with Crippen molar-refractivity contribution in [3.63, 3.8) is 0 Å². The average Bonchev–Trinajstić information content (AvgIpc) is 2.58. The zero-order chi connectivity index (χ0) is 20.0. The summed E-state index contributed by atoms with van der Waals surface area (Å²) < 4.78 is 50.6. The number of carbonyl (C=O) groups excluding carboxylic acids is 1. The van der Waals surface area contributed by atoms with Crippen LogP contribution in [0.1, 0.15) is 16.9 Å². The van der Waals surface area contributed by atoms with Gasteiger partial charge < -0.3 is 5.32 Å². The van der Waals surface area contributed by atoms with E-state index in [1.807, 2.05) is 0 Å². The van der Waals surface area contributed by atoms with E-state index in [9.17, 15) is 27.2 Å². The number of rotatable bonds is 7. The van der Waals surface area contributed by atoms with E-state index in [-0.39, 0.29) is 18.8 Å². The lowest BCUT2D eigenvalue weighted by molar-refractivity contribution is -0.143. The Labute approximate surface area is 152 Å². The van der Waals surface area contributed by atoms with Gasteiger partial charge in [-0.15, -0.1) is 0 Å². The summed E-state index contributed by atoms with van der Waals surface area (Å²) >= 11 is 0. The van der Waals surface area contributed by atoms with Crippen molar-refractivity contribution >= 4 is 5.91 Å². The van der Waals surface area contributed by atoms with Crippen molar-refractivity contribution in [2.45, 2.75) is 12.6 Å². The minimum absolute atomic E-state index is 0.0393. The summed E-state index contributed by atoms with van der Waals surface area (Å²) in [6.07, 6.45) is -3.95. The topological polar surface area (TPSA) is 67.2 Å². The summed E-state index contributed by atoms with van der Waals surface area (Å²) in [6.45, 7) is -0.716. The maximum absolute atomic E-state index is 13.0. The number of alkyl halides is 3. The summed E-state index contributed by atoms with van der Waals surface area (Å²) in [5.74, 6) is -1.04. The SMILES string of the molecule is CN(CCCNC(=O)c1ccc(=O)n(-c2ccc(F)cc2)n1)CC(F)(F)F. The molecule has 146 valence electrons. The van der Waals surface area contributed by atoms with Crippen molar-refractivity contribution in [3.05, 3.63) is 58.3 Å². The van der Waals surface area contributed by atoms with Crippen molar-refractivity contribution in [2.24, 2.45) is 0 Å². The summed E-state index contributed by atoms with van der Waals surface area (Å²) in [4.78, 5) is 25.1. The molecule has 1 amide bonds. The van der Waals surface area contributed by atoms with Crippen LogP contribution in [0.2, 0.25) is 0 Å². The highest BCUT2D eigenvalue weighted by atomic mass is 19.4. The molecule has 1 aromatic carbocycles. The number of benzene rings is 1. The molecule has 2 aromatic rings. The highest BCUT2D eigenvalue weighted by Gasteiger charge is 2.28. The van der Waals surface area contributed by atoms with Gasteiger partial charge in [-0.3, -0.25) is 14.5 Å². The lowest BCUT2D eigenvalue weighted by Gasteiger charge is -2.18. The molecule has 0 atom stereocenters. The molecule has 6 nitrogen and oxygen atoms in total. The van der Waals surface area contributed by atoms with Crippen molar-refractivity contribution in [1.29, 1.82) is 0 Å². The maximum Gasteiger partial charge on any atom is 0.401 e. The second-order valence-corrected chi connectivity index (χ2v) is 5.91. The summed E-state index contributed by atoms with van der Waals surface area (Å²) in [6, 6.07) is 7.42. The first-order chi connectivity index (χ1) is 12.7. The molecule has 0 aliphatic carbocycles. The molecule has 1 N–H and O–H groups in total. The molecule has 0 aliphatic heterocycles. The van der Waals surface area contributed by atoms with E-state index in [1.54, 1.807) is 0 Å². The van der Waals surface area contributed by atoms with E-state index < -0.39 is 30.0 Å². The minimum Gasteiger partial charge on any atom is -0.351 e. The molecule has 10 heteroatoms. The molecule has 0 saturated heterocycles. The second-order valence-electron chi connectivity index (χ2n) is 5.91. The van der Waals surface area contributed by atoms with Crippen molar-refractivity contribution < 1.29 is 22.4 Å². The number of amides is 1. The standard InChI is InChI=1S/C17H18F4N4O2/c1-24(11-17(19,20)21)10-2-9-22-16(27)14-7-8-15(26)25(23-14)13-5-3-12(18)4-6-13/h3-8H,2,9-11H2,1H3,(H,22,27). The predicted molar refractivity (Wildman–Crippen MR) is 90.3 cm³/mol. The third-order valence-electron chi connectivity index (χ3n) is 3.56. The van der Waals surface area contributed by atoms with Crippen LogP contribution in [0, 0.1) is 5.82 Å². The Morgan fingerprint density at radius 3 is 2.48 bits per heavy atom. The zero-order valence-electron chi connectivity index (χ0n) is 14.5. The Morgan fingerprint density at radius 1 is 1.19 bits per heavy atom. The van der Waals surface area contributed by atoms with Crippen LogP contribution in [0.5, 0.6) is 0 Å². The number of aromatic nitrogens is 2. The molecule has 0 saturated carbocycles. The van der Waals surface area contributed by atoms with Crippen LogP contribution < -0.4 is 10.9 Å². The van der Waals surface area contributed by atoms with Crippen molar-refractivity contribution in [1.82, 2.24) is 20.0 Å². The summed E-state index contributed by atoms with van der Waals surface area (Å²) in [7, 11) is 1.34. The van der Waals surface area contributed by atoms with Gasteiger partial charge in [0.2, 0.25) is 0 Å². The molecule has 0 spiro atoms. The van der Waals surface area contributed by atoms with Gasteiger partial charge in [-0.25, -0.2) is 4.39 Å². The third-order valence-corrected chi connectivity index (χ3v) is 3.56. The molecule has 0 aliphatic rings. The Bertz CT molecular complexity index is 834. The number of nitrogens with zero attached hydrogens (tertiary/aromatic N) is 3. The number of hydrogen-bond donors (Lipinski definition) is 1. The number of nitrogens with one attached hydrogen (secondary N) is 1. The fraction of sp³-hybridized carbons (Fsp3) is 0.353. The largest absolute Gasteiger partial charge is 0.401 e. The summed E-state index contributed by atoms with van der Waals surface area (Å²) in [5.41, 5.74) is -0.237. The number of carbonyl (C=O) groups is 1. The van der Waals surface area contributed by atoms with Crippen LogP contribution in [0.25, 0.3) is 5.69 Å². The van der Waals surface area contributed by atoms with Crippen LogP contribution in [0.15, 0.2) is 41.2 Å². The lowest BCUT2D eigenvalue weighted by atomic mass is 10.3. The highest BCUT2D eigenvalue weighted by Crippen LogP contribution is 2.15. The van der Waals surface area contributed by atoms with Gasteiger partial charge in [0.1, 0.15) is 11.5 Å². The molecular formula is C17H18F4N4O2. The first-order valence-corrected chi connectivity index (χ1v) is 8.05. The van der Waals surface area contributed by atoms with Crippen LogP contribution in [0.4, 0.5) is 17.6 Å². The molecule has 0 radical (unpaired) electrons. The van der Waals surface area contributed by atoms with Crippen LogP contribution in [-0.2, 0) is 0 Å². The Morgan fingerprint density at radius 2 is 1.85 bits per heavy atom. The minimum atomic E-state index is -4.27. The molecule has 1 heterocycles. The molecule has 0 unspecified atom stereocenters. The van der Waals surface area contributed by atoms with Gasteiger partial charge in [0.15, 0.2) is 0 Å². The van der Waals surface area contributed by atoms with E-state index in [0.29, 0.717) is 12.1 Å². The van der Waals surface area contributed by atoms with Crippen LogP contribution in [-0.4, -0.2) is 53.4 Å². The van der Waals surface area contributed by atoms with E-state index in [4.69, 9.17) is 0 Å². The Balaban J connectivity index is 1.94. The molecule has 2 rings (SSSR count). The van der Waals surface area contributed by atoms with Gasteiger partial charge >= 0.3 is 6.18 Å². The highest BCUT2D eigenvalue weighted by molar-refractivity contribution is 5.92. The quantitative estimate of drug-likeness (QED) is 0.584. The van der Waals surface area contributed by atoms with Crippen LogP contribution >= 0.6 is 0 Å². The molecule has 1 aromatic heterocycles. The predicted octanol–water partition coefficient (Wildman–Crippen LogP) is 1.99. The third kappa shape index (κ3) is 6.48. The van der Waals surface area contributed by atoms with Gasteiger partial charge in [0.25, 0.3) is 11.5 Å². The van der Waals surface area contributed by atoms with Gasteiger partial charge in [-0.05, 0) is 50.3 Å². The van der Waals surface area contributed by atoms with E-state index >= 15 is 0 Å². The first kappa shape index (κ1) is 20.6. The van der Waals surface area contributed by atoms with Gasteiger partial charge in [-0.2, -0.15) is 23.0 Å². The number of halogens is 4. The molecule has 0 bridgehead atoms. The second kappa shape index (κ2) is 8.76. The molecule has 0 fully saturated rings. The van der Waals surface area contributed by atoms with Crippen LogP contribution in [0.3, 0.4) is 0 Å². The van der Waals surface area contributed by atoms with E-state index in [0.717, 1.165) is 27.8 Å². The molecular weight excluding hydrogens is 368 g/mol. The van der Waals surface area contributed by atoms with Gasteiger partial charge in [0.05, 0.1) is 12.2 Å². The van der Waals surface area contributed by atoms with Gasteiger partial charge in [0, 0.05) is 12.6 Å². The zero-order valence-corrected chi connectivity index (χ0v) is 14.5. The van der Waals surface area contributed by atoms with Gasteiger partial charge in [-0.1, -0.05) is 0 Å². The normalized spacial score (nSPS) is 11.6. The average molecular weight is 386 g/mol. The summed E-state index contributed by atoms with van der Waals surface area (Å²) in [5, 5.41) is 6.48. The smallest absolute Gasteiger partial charge is 0.351 e. The first-order valence-electron chi connectivity index (χ1n) is 8.05.